The number of nitrogens with zero attached hydrogens (tertiary/aromatic N) is 1. The molecule has 2 aliphatic rings. The van der Waals surface area contributed by atoms with Crippen molar-refractivity contribution in [3.05, 3.63) is 29.3 Å². The summed E-state index contributed by atoms with van der Waals surface area (Å²) < 4.78 is 26.6. The lowest BCUT2D eigenvalue weighted by Crippen LogP contribution is -2.57. The largest absolute Gasteiger partial charge is 0.313 e. The molecule has 4 nitrogen and oxygen atoms in total. The highest BCUT2D eigenvalue weighted by molar-refractivity contribution is 7.89. The molecule has 3 rings (SSSR count). The van der Waals surface area contributed by atoms with Crippen molar-refractivity contribution in [2.75, 3.05) is 20.1 Å². The van der Waals surface area contributed by atoms with Crippen molar-refractivity contribution in [2.24, 2.45) is 0 Å². The summed E-state index contributed by atoms with van der Waals surface area (Å²) in [6, 6.07) is 5.74. The molecule has 5 heteroatoms. The third-order valence-electron chi connectivity index (χ3n) is 4.27. The standard InChI is InChI=1S/C14H20N2O2S/c1-16(13-9-15-10-13)19(17,18)14-7-6-11-4-2-3-5-12(11)8-14/h6-8,13,15H,2-5,9-10H2,1H3. The minimum atomic E-state index is -3.34. The molecule has 0 unspecified atom stereocenters. The molecule has 1 fully saturated rings. The van der Waals surface area contributed by atoms with Gasteiger partial charge in [0.2, 0.25) is 10.0 Å². The van der Waals surface area contributed by atoms with Gasteiger partial charge in [-0.15, -0.1) is 0 Å². The highest BCUT2D eigenvalue weighted by Gasteiger charge is 2.31. The summed E-state index contributed by atoms with van der Waals surface area (Å²) in [5.74, 6) is 0. The molecule has 1 aromatic rings. The van der Waals surface area contributed by atoms with Crippen LogP contribution in [0.15, 0.2) is 23.1 Å². The van der Waals surface area contributed by atoms with E-state index < -0.39 is 10.0 Å². The zero-order chi connectivity index (χ0) is 13.5. The fourth-order valence-electron chi connectivity index (χ4n) is 2.76. The van der Waals surface area contributed by atoms with Crippen LogP contribution in [0.2, 0.25) is 0 Å². The van der Waals surface area contributed by atoms with E-state index in [-0.39, 0.29) is 6.04 Å². The van der Waals surface area contributed by atoms with Crippen molar-refractivity contribution < 1.29 is 8.42 Å². The van der Waals surface area contributed by atoms with Crippen LogP contribution in [0.1, 0.15) is 24.0 Å². The summed E-state index contributed by atoms with van der Waals surface area (Å²) in [4.78, 5) is 0.447. The summed E-state index contributed by atoms with van der Waals surface area (Å²) in [5.41, 5.74) is 2.53. The van der Waals surface area contributed by atoms with E-state index in [1.54, 1.807) is 13.1 Å². The Labute approximate surface area is 114 Å². The molecule has 1 aliphatic carbocycles. The van der Waals surface area contributed by atoms with Gasteiger partial charge >= 0.3 is 0 Å². The predicted molar refractivity (Wildman–Crippen MR) is 74.7 cm³/mol. The maximum Gasteiger partial charge on any atom is 0.243 e. The average Bonchev–Trinajstić information content (AvgIpc) is 2.36. The number of hydrogen-bond acceptors (Lipinski definition) is 3. The van der Waals surface area contributed by atoms with Gasteiger partial charge in [-0.05, 0) is 48.9 Å². The lowest BCUT2D eigenvalue weighted by Gasteiger charge is -2.34. The van der Waals surface area contributed by atoms with Crippen molar-refractivity contribution in [3.8, 4) is 0 Å². The molecular weight excluding hydrogens is 260 g/mol. The van der Waals surface area contributed by atoms with Crippen LogP contribution in [0.4, 0.5) is 0 Å². The number of fused-ring (bicyclic) bond motifs is 1. The molecule has 1 saturated heterocycles. The Bertz CT molecular complexity index is 579. The smallest absolute Gasteiger partial charge is 0.243 e. The first-order valence-electron chi connectivity index (χ1n) is 6.89. The van der Waals surface area contributed by atoms with Gasteiger partial charge in [0.15, 0.2) is 0 Å². The molecule has 0 bridgehead atoms. The van der Waals surface area contributed by atoms with Crippen LogP contribution in [0.25, 0.3) is 0 Å². The predicted octanol–water partition coefficient (Wildman–Crippen LogP) is 1.16. The van der Waals surface area contributed by atoms with Crippen molar-refractivity contribution in [1.82, 2.24) is 9.62 Å². The Morgan fingerprint density at radius 2 is 1.84 bits per heavy atom. The second-order valence-electron chi connectivity index (χ2n) is 5.47. The molecule has 0 spiro atoms. The lowest BCUT2D eigenvalue weighted by atomic mass is 9.92. The zero-order valence-corrected chi connectivity index (χ0v) is 12.0. The second-order valence-corrected chi connectivity index (χ2v) is 7.47. The van der Waals surface area contributed by atoms with Crippen molar-refractivity contribution in [1.29, 1.82) is 0 Å². The number of rotatable bonds is 3. The van der Waals surface area contributed by atoms with Gasteiger partial charge < -0.3 is 5.32 Å². The van der Waals surface area contributed by atoms with Crippen molar-refractivity contribution in [3.63, 3.8) is 0 Å². The molecule has 19 heavy (non-hydrogen) atoms. The molecule has 0 aromatic heterocycles. The second kappa shape index (κ2) is 4.89. The number of aryl methyl sites for hydroxylation is 2. The first kappa shape index (κ1) is 13.1. The van der Waals surface area contributed by atoms with Gasteiger partial charge in [0, 0.05) is 26.2 Å². The van der Waals surface area contributed by atoms with E-state index in [2.05, 4.69) is 5.32 Å². The highest BCUT2D eigenvalue weighted by Crippen LogP contribution is 2.26. The fourth-order valence-corrected chi connectivity index (χ4v) is 4.17. The van der Waals surface area contributed by atoms with Crippen LogP contribution in [0.5, 0.6) is 0 Å². The molecule has 104 valence electrons. The number of likely N-dealkylation sites (N-methyl/N-ethyl adjacent to an activating group) is 1. The lowest BCUT2D eigenvalue weighted by molar-refractivity contribution is 0.274. The van der Waals surface area contributed by atoms with Crippen LogP contribution < -0.4 is 5.32 Å². The quantitative estimate of drug-likeness (QED) is 0.904. The molecule has 1 heterocycles. The monoisotopic (exact) mass is 280 g/mol. The molecule has 0 amide bonds. The van der Waals surface area contributed by atoms with E-state index in [1.807, 2.05) is 12.1 Å². The van der Waals surface area contributed by atoms with Gasteiger partial charge in [0.25, 0.3) is 0 Å². The van der Waals surface area contributed by atoms with Gasteiger partial charge in [-0.25, -0.2) is 8.42 Å². The van der Waals surface area contributed by atoms with Crippen LogP contribution >= 0.6 is 0 Å². The zero-order valence-electron chi connectivity index (χ0n) is 11.2. The Kier molecular flexibility index (Phi) is 3.37. The summed E-state index contributed by atoms with van der Waals surface area (Å²) >= 11 is 0. The van der Waals surface area contributed by atoms with Crippen LogP contribution in [0.3, 0.4) is 0 Å². The van der Waals surface area contributed by atoms with E-state index >= 15 is 0 Å². The number of nitrogens with one attached hydrogen (secondary N) is 1. The summed E-state index contributed by atoms with van der Waals surface area (Å²) in [6.07, 6.45) is 4.47. The third-order valence-corrected chi connectivity index (χ3v) is 6.18. The van der Waals surface area contributed by atoms with Gasteiger partial charge in [-0.3, -0.25) is 0 Å². The number of benzene rings is 1. The van der Waals surface area contributed by atoms with Crippen LogP contribution in [-0.4, -0.2) is 38.9 Å². The van der Waals surface area contributed by atoms with Crippen molar-refractivity contribution >= 4 is 10.0 Å². The summed E-state index contributed by atoms with van der Waals surface area (Å²) in [5, 5.41) is 3.11. The van der Waals surface area contributed by atoms with Gasteiger partial charge in [-0.1, -0.05) is 6.07 Å². The molecule has 1 N–H and O–H groups in total. The minimum absolute atomic E-state index is 0.0982. The third kappa shape index (κ3) is 2.30. The van der Waals surface area contributed by atoms with E-state index in [0.29, 0.717) is 4.90 Å². The Morgan fingerprint density at radius 1 is 1.16 bits per heavy atom. The van der Waals surface area contributed by atoms with Crippen LogP contribution in [0, 0.1) is 0 Å². The summed E-state index contributed by atoms with van der Waals surface area (Å²) in [6.45, 7) is 1.50. The number of sulfonamides is 1. The molecule has 0 radical (unpaired) electrons. The Hall–Kier alpha value is -0.910. The first-order valence-corrected chi connectivity index (χ1v) is 8.33. The molecule has 0 saturated carbocycles. The fraction of sp³-hybridized carbons (Fsp3) is 0.571. The molecule has 0 atom stereocenters. The minimum Gasteiger partial charge on any atom is -0.313 e. The Morgan fingerprint density at radius 3 is 2.47 bits per heavy atom. The maximum atomic E-state index is 12.6. The van der Waals surface area contributed by atoms with E-state index in [1.165, 1.54) is 28.3 Å². The summed E-state index contributed by atoms with van der Waals surface area (Å²) in [7, 11) is -1.66. The Balaban J connectivity index is 1.92. The number of hydrogen-bond donors (Lipinski definition) is 1. The maximum absolute atomic E-state index is 12.6. The van der Waals surface area contributed by atoms with Crippen molar-refractivity contribution in [2.45, 2.75) is 36.6 Å². The molecular formula is C14H20N2O2S. The van der Waals surface area contributed by atoms with Crippen LogP contribution in [-0.2, 0) is 22.9 Å². The highest BCUT2D eigenvalue weighted by atomic mass is 32.2. The van der Waals surface area contributed by atoms with E-state index in [4.69, 9.17) is 0 Å². The van der Waals surface area contributed by atoms with Gasteiger partial charge in [0.05, 0.1) is 4.90 Å². The van der Waals surface area contributed by atoms with E-state index in [9.17, 15) is 8.42 Å². The van der Waals surface area contributed by atoms with E-state index in [0.717, 1.165) is 25.9 Å². The first-order chi connectivity index (χ1) is 9.09. The average molecular weight is 280 g/mol. The van der Waals surface area contributed by atoms with Gasteiger partial charge in [-0.2, -0.15) is 4.31 Å². The topological polar surface area (TPSA) is 49.4 Å². The van der Waals surface area contributed by atoms with Gasteiger partial charge in [0.1, 0.15) is 0 Å². The SMILES string of the molecule is CN(C1CNC1)S(=O)(=O)c1ccc2c(c1)CCCC2. The normalized spacial score (nSPS) is 20.1. The molecule has 1 aromatic carbocycles. The molecule has 1 aliphatic heterocycles.